The van der Waals surface area contributed by atoms with Crippen LogP contribution in [0, 0.1) is 0 Å². The van der Waals surface area contributed by atoms with Gasteiger partial charge in [-0.15, -0.1) is 0 Å². The van der Waals surface area contributed by atoms with Gasteiger partial charge in [-0.25, -0.2) is 4.79 Å². The third kappa shape index (κ3) is 4.52. The first-order chi connectivity index (χ1) is 9.18. The third-order valence-electron chi connectivity index (χ3n) is 3.56. The van der Waals surface area contributed by atoms with Crippen LogP contribution in [0.25, 0.3) is 0 Å². The van der Waals surface area contributed by atoms with E-state index in [-0.39, 0.29) is 6.03 Å². The van der Waals surface area contributed by atoms with Crippen molar-refractivity contribution in [1.29, 1.82) is 0 Å². The molecule has 0 spiro atoms. The SMILES string of the molecule is O=C(NCc1ccncc1)NCC1(O)CCCCC1. The fourth-order valence-electron chi connectivity index (χ4n) is 2.38. The van der Waals surface area contributed by atoms with E-state index in [1.807, 2.05) is 12.1 Å². The summed E-state index contributed by atoms with van der Waals surface area (Å²) in [6, 6.07) is 3.47. The van der Waals surface area contributed by atoms with Crippen LogP contribution in [0.4, 0.5) is 4.79 Å². The van der Waals surface area contributed by atoms with Gasteiger partial charge in [0.15, 0.2) is 0 Å². The van der Waals surface area contributed by atoms with E-state index in [2.05, 4.69) is 15.6 Å². The lowest BCUT2D eigenvalue weighted by Gasteiger charge is -2.32. The largest absolute Gasteiger partial charge is 0.388 e. The van der Waals surface area contributed by atoms with Crippen LogP contribution in [-0.2, 0) is 6.54 Å². The van der Waals surface area contributed by atoms with Gasteiger partial charge in [0.05, 0.1) is 5.60 Å². The van der Waals surface area contributed by atoms with Gasteiger partial charge < -0.3 is 15.7 Å². The number of pyridine rings is 1. The number of nitrogens with one attached hydrogen (secondary N) is 2. The first-order valence-electron chi connectivity index (χ1n) is 6.81. The van der Waals surface area contributed by atoms with Gasteiger partial charge in [-0.05, 0) is 30.5 Å². The Balaban J connectivity index is 1.70. The average Bonchev–Trinajstić information content (AvgIpc) is 2.45. The smallest absolute Gasteiger partial charge is 0.315 e. The summed E-state index contributed by atoms with van der Waals surface area (Å²) in [4.78, 5) is 15.6. The number of hydrogen-bond donors (Lipinski definition) is 3. The third-order valence-corrected chi connectivity index (χ3v) is 3.56. The van der Waals surface area contributed by atoms with E-state index in [0.29, 0.717) is 13.1 Å². The van der Waals surface area contributed by atoms with E-state index in [4.69, 9.17) is 0 Å². The minimum Gasteiger partial charge on any atom is -0.388 e. The molecule has 2 rings (SSSR count). The number of rotatable bonds is 4. The van der Waals surface area contributed by atoms with Crippen molar-refractivity contribution in [3.63, 3.8) is 0 Å². The van der Waals surface area contributed by atoms with Crippen molar-refractivity contribution in [1.82, 2.24) is 15.6 Å². The summed E-state index contributed by atoms with van der Waals surface area (Å²) in [5.74, 6) is 0. The number of aromatic nitrogens is 1. The Kier molecular flexibility index (Phi) is 4.74. The van der Waals surface area contributed by atoms with Crippen molar-refractivity contribution < 1.29 is 9.90 Å². The number of carbonyl (C=O) groups excluding carboxylic acids is 1. The zero-order chi connectivity index (χ0) is 13.6. The van der Waals surface area contributed by atoms with Crippen LogP contribution in [-0.4, -0.2) is 28.3 Å². The second-order valence-corrected chi connectivity index (χ2v) is 5.18. The molecule has 5 heteroatoms. The van der Waals surface area contributed by atoms with Gasteiger partial charge in [0.1, 0.15) is 0 Å². The van der Waals surface area contributed by atoms with Crippen molar-refractivity contribution in [2.45, 2.75) is 44.2 Å². The highest BCUT2D eigenvalue weighted by atomic mass is 16.3. The Labute approximate surface area is 113 Å². The first-order valence-corrected chi connectivity index (χ1v) is 6.81. The molecule has 1 aliphatic rings. The van der Waals surface area contributed by atoms with Crippen molar-refractivity contribution in [3.8, 4) is 0 Å². The summed E-state index contributed by atoms with van der Waals surface area (Å²) in [5, 5.41) is 15.8. The van der Waals surface area contributed by atoms with Crippen LogP contribution in [0.1, 0.15) is 37.7 Å². The molecule has 0 unspecified atom stereocenters. The second-order valence-electron chi connectivity index (χ2n) is 5.18. The van der Waals surface area contributed by atoms with E-state index in [9.17, 15) is 9.90 Å². The van der Waals surface area contributed by atoms with Gasteiger partial charge in [-0.2, -0.15) is 0 Å². The number of aliphatic hydroxyl groups is 1. The summed E-state index contributed by atoms with van der Waals surface area (Å²) in [6.45, 7) is 0.794. The van der Waals surface area contributed by atoms with Crippen LogP contribution in [0.5, 0.6) is 0 Å². The molecule has 104 valence electrons. The summed E-state index contributed by atoms with van der Waals surface area (Å²) < 4.78 is 0. The van der Waals surface area contributed by atoms with Crippen molar-refractivity contribution in [2.24, 2.45) is 0 Å². The number of amides is 2. The van der Waals surface area contributed by atoms with Gasteiger partial charge in [-0.3, -0.25) is 4.98 Å². The highest BCUT2D eigenvalue weighted by Gasteiger charge is 2.29. The lowest BCUT2D eigenvalue weighted by molar-refractivity contribution is 0.00719. The number of hydrogen-bond acceptors (Lipinski definition) is 3. The van der Waals surface area contributed by atoms with E-state index < -0.39 is 5.60 Å². The van der Waals surface area contributed by atoms with Gasteiger partial charge in [0, 0.05) is 25.5 Å². The molecule has 1 fully saturated rings. The molecule has 1 heterocycles. The zero-order valence-corrected chi connectivity index (χ0v) is 11.1. The number of urea groups is 1. The first kappa shape index (κ1) is 13.8. The highest BCUT2D eigenvalue weighted by molar-refractivity contribution is 5.73. The molecule has 0 bridgehead atoms. The molecule has 5 nitrogen and oxygen atoms in total. The Bertz CT molecular complexity index is 402. The molecule has 0 aromatic carbocycles. The minimum absolute atomic E-state index is 0.240. The molecule has 2 amide bonds. The van der Waals surface area contributed by atoms with Crippen LogP contribution < -0.4 is 10.6 Å². The Morgan fingerprint density at radius 2 is 1.89 bits per heavy atom. The van der Waals surface area contributed by atoms with Crippen molar-refractivity contribution >= 4 is 6.03 Å². The maximum atomic E-state index is 11.7. The molecule has 1 aliphatic carbocycles. The zero-order valence-electron chi connectivity index (χ0n) is 11.1. The second kappa shape index (κ2) is 6.52. The van der Waals surface area contributed by atoms with Gasteiger partial charge >= 0.3 is 6.03 Å². The molecule has 0 radical (unpaired) electrons. The van der Waals surface area contributed by atoms with Gasteiger partial charge in [-0.1, -0.05) is 19.3 Å². The maximum Gasteiger partial charge on any atom is 0.315 e. The molecule has 1 aromatic rings. The molecule has 3 N–H and O–H groups in total. The Hall–Kier alpha value is -1.62. The molecule has 1 saturated carbocycles. The van der Waals surface area contributed by atoms with Crippen LogP contribution in [0.2, 0.25) is 0 Å². The lowest BCUT2D eigenvalue weighted by atomic mass is 9.85. The lowest BCUT2D eigenvalue weighted by Crippen LogP contribution is -2.47. The Morgan fingerprint density at radius 1 is 1.21 bits per heavy atom. The minimum atomic E-state index is -0.716. The van der Waals surface area contributed by atoms with Crippen molar-refractivity contribution in [3.05, 3.63) is 30.1 Å². The van der Waals surface area contributed by atoms with Crippen LogP contribution in [0.3, 0.4) is 0 Å². The average molecular weight is 263 g/mol. The number of carbonyl (C=O) groups is 1. The quantitative estimate of drug-likeness (QED) is 0.772. The van der Waals surface area contributed by atoms with Crippen LogP contribution >= 0.6 is 0 Å². The van der Waals surface area contributed by atoms with Crippen molar-refractivity contribution in [2.75, 3.05) is 6.54 Å². The predicted molar refractivity (Wildman–Crippen MR) is 72.5 cm³/mol. The predicted octanol–water partition coefficient (Wildman–Crippen LogP) is 1.58. The van der Waals surface area contributed by atoms with E-state index in [0.717, 1.165) is 31.2 Å². The van der Waals surface area contributed by atoms with Gasteiger partial charge in [0.25, 0.3) is 0 Å². The van der Waals surface area contributed by atoms with E-state index in [1.165, 1.54) is 6.42 Å². The standard InChI is InChI=1S/C14H21N3O2/c18-13(16-10-12-4-8-15-9-5-12)17-11-14(19)6-2-1-3-7-14/h4-5,8-9,19H,1-3,6-7,10-11H2,(H2,16,17,18). The maximum absolute atomic E-state index is 11.7. The number of nitrogens with zero attached hydrogens (tertiary/aromatic N) is 1. The summed E-state index contributed by atoms with van der Waals surface area (Å²) in [5.41, 5.74) is 0.285. The molecule has 19 heavy (non-hydrogen) atoms. The monoisotopic (exact) mass is 263 g/mol. The molecular weight excluding hydrogens is 242 g/mol. The summed E-state index contributed by atoms with van der Waals surface area (Å²) >= 11 is 0. The molecule has 1 aromatic heterocycles. The highest BCUT2D eigenvalue weighted by Crippen LogP contribution is 2.27. The molecule has 0 aliphatic heterocycles. The van der Waals surface area contributed by atoms with Gasteiger partial charge in [0.2, 0.25) is 0 Å². The fraction of sp³-hybridized carbons (Fsp3) is 0.571. The summed E-state index contributed by atoms with van der Waals surface area (Å²) in [7, 11) is 0. The topological polar surface area (TPSA) is 74.2 Å². The van der Waals surface area contributed by atoms with E-state index >= 15 is 0 Å². The normalized spacial score (nSPS) is 17.7. The van der Waals surface area contributed by atoms with Crippen LogP contribution in [0.15, 0.2) is 24.5 Å². The molecule has 0 saturated heterocycles. The molecular formula is C14H21N3O2. The Morgan fingerprint density at radius 3 is 2.58 bits per heavy atom. The fourth-order valence-corrected chi connectivity index (χ4v) is 2.38. The molecule has 0 atom stereocenters. The van der Waals surface area contributed by atoms with E-state index in [1.54, 1.807) is 12.4 Å². The summed E-state index contributed by atoms with van der Waals surface area (Å²) in [6.07, 6.45) is 8.19.